The van der Waals surface area contributed by atoms with Crippen molar-refractivity contribution in [1.82, 2.24) is 5.32 Å². The number of nitrogens with zero attached hydrogens (tertiary/aromatic N) is 1. The van der Waals surface area contributed by atoms with Crippen molar-refractivity contribution in [3.63, 3.8) is 0 Å². The van der Waals surface area contributed by atoms with Crippen LogP contribution in [0.15, 0.2) is 58.4 Å². The first kappa shape index (κ1) is 15.8. The van der Waals surface area contributed by atoms with Crippen molar-refractivity contribution < 1.29 is 4.79 Å². The van der Waals surface area contributed by atoms with E-state index >= 15 is 0 Å². The van der Waals surface area contributed by atoms with Crippen LogP contribution in [-0.4, -0.2) is 11.1 Å². The zero-order valence-corrected chi connectivity index (χ0v) is 14.1. The van der Waals surface area contributed by atoms with Gasteiger partial charge in [-0.05, 0) is 53.6 Å². The molecule has 0 spiro atoms. The highest BCUT2D eigenvalue weighted by Crippen LogP contribution is 2.29. The van der Waals surface area contributed by atoms with Gasteiger partial charge in [-0.25, -0.2) is 4.99 Å². The molecule has 5 heteroatoms. The molecule has 0 atom stereocenters. The van der Waals surface area contributed by atoms with Crippen LogP contribution in [0, 0.1) is 0 Å². The van der Waals surface area contributed by atoms with Crippen molar-refractivity contribution in [2.75, 3.05) is 0 Å². The molecule has 0 unspecified atom stereocenters. The van der Waals surface area contributed by atoms with E-state index in [4.69, 9.17) is 11.6 Å². The summed E-state index contributed by atoms with van der Waals surface area (Å²) in [6.07, 6.45) is 2.78. The minimum atomic E-state index is -0.154. The first-order valence-corrected chi connectivity index (χ1v) is 8.48. The number of benzene rings is 2. The topological polar surface area (TPSA) is 41.5 Å². The van der Waals surface area contributed by atoms with Crippen LogP contribution in [0.5, 0.6) is 0 Å². The van der Waals surface area contributed by atoms with E-state index in [0.717, 1.165) is 17.7 Å². The molecular weight excluding hydrogens is 328 g/mol. The lowest BCUT2D eigenvalue weighted by Gasteiger charge is -1.99. The fourth-order valence-electron chi connectivity index (χ4n) is 2.14. The highest BCUT2D eigenvalue weighted by atomic mass is 35.5. The molecule has 116 valence electrons. The summed E-state index contributed by atoms with van der Waals surface area (Å²) in [4.78, 5) is 17.1. The zero-order chi connectivity index (χ0) is 16.2. The molecule has 3 nitrogen and oxygen atoms in total. The van der Waals surface area contributed by atoms with Gasteiger partial charge in [0, 0.05) is 5.02 Å². The molecule has 1 aliphatic rings. The predicted octanol–water partition coefficient (Wildman–Crippen LogP) is 4.79. The molecule has 1 aliphatic heterocycles. The third-order valence-corrected chi connectivity index (χ3v) is 4.67. The maximum absolute atomic E-state index is 12.1. The van der Waals surface area contributed by atoms with E-state index in [0.29, 0.717) is 15.1 Å². The molecule has 0 aromatic heterocycles. The number of aryl methyl sites for hydroxylation is 1. The molecule has 1 N–H and O–H groups in total. The SMILES string of the molecule is CCc1ccc(N=C2NC(=O)C(=Cc3ccccc3Cl)S2)cc1. The Morgan fingerprint density at radius 1 is 1.17 bits per heavy atom. The summed E-state index contributed by atoms with van der Waals surface area (Å²) >= 11 is 7.45. The fourth-order valence-corrected chi connectivity index (χ4v) is 3.16. The van der Waals surface area contributed by atoms with Crippen LogP contribution >= 0.6 is 23.4 Å². The van der Waals surface area contributed by atoms with Crippen molar-refractivity contribution in [1.29, 1.82) is 0 Å². The normalized spacial score (nSPS) is 17.7. The number of carbonyl (C=O) groups is 1. The Bertz CT molecular complexity index is 797. The lowest BCUT2D eigenvalue weighted by molar-refractivity contribution is -0.115. The second kappa shape index (κ2) is 7.02. The number of thioether (sulfide) groups is 1. The maximum Gasteiger partial charge on any atom is 0.264 e. The fraction of sp³-hybridized carbons (Fsp3) is 0.111. The number of amidine groups is 1. The van der Waals surface area contributed by atoms with E-state index in [-0.39, 0.29) is 5.91 Å². The number of hydrogen-bond acceptors (Lipinski definition) is 3. The Kier molecular flexibility index (Phi) is 4.84. The first-order chi connectivity index (χ1) is 11.2. The highest BCUT2D eigenvalue weighted by Gasteiger charge is 2.24. The third-order valence-electron chi connectivity index (χ3n) is 3.42. The summed E-state index contributed by atoms with van der Waals surface area (Å²) < 4.78 is 0. The quantitative estimate of drug-likeness (QED) is 0.814. The molecule has 23 heavy (non-hydrogen) atoms. The van der Waals surface area contributed by atoms with Crippen LogP contribution in [-0.2, 0) is 11.2 Å². The molecule has 2 aromatic rings. The van der Waals surface area contributed by atoms with Gasteiger partial charge in [-0.1, -0.05) is 48.9 Å². The van der Waals surface area contributed by atoms with Gasteiger partial charge in [0.05, 0.1) is 10.6 Å². The Morgan fingerprint density at radius 3 is 2.61 bits per heavy atom. The van der Waals surface area contributed by atoms with Gasteiger partial charge in [-0.15, -0.1) is 0 Å². The van der Waals surface area contributed by atoms with E-state index in [2.05, 4.69) is 17.2 Å². The summed E-state index contributed by atoms with van der Waals surface area (Å²) in [5.74, 6) is -0.154. The van der Waals surface area contributed by atoms with Crippen molar-refractivity contribution >= 4 is 46.2 Å². The third kappa shape index (κ3) is 3.84. The highest BCUT2D eigenvalue weighted by molar-refractivity contribution is 8.18. The van der Waals surface area contributed by atoms with Crippen LogP contribution in [0.4, 0.5) is 5.69 Å². The molecule has 0 bridgehead atoms. The van der Waals surface area contributed by atoms with E-state index < -0.39 is 0 Å². The number of carbonyl (C=O) groups excluding carboxylic acids is 1. The number of rotatable bonds is 3. The monoisotopic (exact) mass is 342 g/mol. The van der Waals surface area contributed by atoms with Crippen LogP contribution in [0.3, 0.4) is 0 Å². The van der Waals surface area contributed by atoms with E-state index in [1.165, 1.54) is 17.3 Å². The van der Waals surface area contributed by atoms with Gasteiger partial charge >= 0.3 is 0 Å². The lowest BCUT2D eigenvalue weighted by atomic mass is 10.2. The summed E-state index contributed by atoms with van der Waals surface area (Å²) in [6, 6.07) is 15.4. The van der Waals surface area contributed by atoms with Crippen LogP contribution in [0.1, 0.15) is 18.1 Å². The van der Waals surface area contributed by atoms with Gasteiger partial charge < -0.3 is 5.32 Å². The Hall–Kier alpha value is -2.04. The molecular formula is C18H15ClN2OS. The molecule has 0 saturated carbocycles. The average Bonchev–Trinajstić information content (AvgIpc) is 2.90. The summed E-state index contributed by atoms with van der Waals surface area (Å²) in [7, 11) is 0. The van der Waals surface area contributed by atoms with Gasteiger partial charge in [0.2, 0.25) is 0 Å². The number of halogens is 1. The lowest BCUT2D eigenvalue weighted by Crippen LogP contribution is -2.19. The number of hydrogen-bond donors (Lipinski definition) is 1. The van der Waals surface area contributed by atoms with E-state index in [1.807, 2.05) is 42.5 Å². The van der Waals surface area contributed by atoms with Gasteiger partial charge in [0.15, 0.2) is 5.17 Å². The van der Waals surface area contributed by atoms with Gasteiger partial charge in [0.1, 0.15) is 0 Å². The summed E-state index contributed by atoms with van der Waals surface area (Å²) in [5.41, 5.74) is 2.90. The van der Waals surface area contributed by atoms with Crippen LogP contribution < -0.4 is 5.32 Å². The summed E-state index contributed by atoms with van der Waals surface area (Å²) in [6.45, 7) is 2.11. The molecule has 1 fully saturated rings. The predicted molar refractivity (Wildman–Crippen MR) is 98.1 cm³/mol. The smallest absolute Gasteiger partial charge is 0.264 e. The number of nitrogens with one attached hydrogen (secondary N) is 1. The average molecular weight is 343 g/mol. The molecule has 1 saturated heterocycles. The molecule has 1 heterocycles. The standard InChI is InChI=1S/C18H15ClN2OS/c1-2-12-7-9-14(10-8-12)20-18-21-17(22)16(23-18)11-13-5-3-4-6-15(13)19/h3-11H,2H2,1H3,(H,20,21,22). The van der Waals surface area contributed by atoms with Crippen molar-refractivity contribution in [3.8, 4) is 0 Å². The Balaban J connectivity index is 1.81. The second-order valence-electron chi connectivity index (χ2n) is 5.02. The second-order valence-corrected chi connectivity index (χ2v) is 6.46. The van der Waals surface area contributed by atoms with Gasteiger partial charge in [0.25, 0.3) is 5.91 Å². The molecule has 1 amide bonds. The van der Waals surface area contributed by atoms with E-state index in [9.17, 15) is 4.79 Å². The Labute approximate surface area is 144 Å². The molecule has 2 aromatic carbocycles. The Morgan fingerprint density at radius 2 is 1.91 bits per heavy atom. The summed E-state index contributed by atoms with van der Waals surface area (Å²) in [5, 5.41) is 3.98. The van der Waals surface area contributed by atoms with Gasteiger partial charge in [-0.3, -0.25) is 4.79 Å². The molecule has 0 aliphatic carbocycles. The van der Waals surface area contributed by atoms with Gasteiger partial charge in [-0.2, -0.15) is 0 Å². The molecule has 0 radical (unpaired) electrons. The van der Waals surface area contributed by atoms with Crippen molar-refractivity contribution in [2.24, 2.45) is 4.99 Å². The zero-order valence-electron chi connectivity index (χ0n) is 12.5. The number of aliphatic imine (C=N–C) groups is 1. The first-order valence-electron chi connectivity index (χ1n) is 7.29. The van der Waals surface area contributed by atoms with Crippen molar-refractivity contribution in [2.45, 2.75) is 13.3 Å². The van der Waals surface area contributed by atoms with Crippen LogP contribution in [0.25, 0.3) is 6.08 Å². The van der Waals surface area contributed by atoms with E-state index in [1.54, 1.807) is 12.1 Å². The van der Waals surface area contributed by atoms with Crippen molar-refractivity contribution in [3.05, 3.63) is 69.6 Å². The minimum absolute atomic E-state index is 0.154. The molecule has 3 rings (SSSR count). The van der Waals surface area contributed by atoms with Crippen LogP contribution in [0.2, 0.25) is 5.02 Å². The minimum Gasteiger partial charge on any atom is -0.300 e. The maximum atomic E-state index is 12.1. The number of amides is 1. The largest absolute Gasteiger partial charge is 0.300 e.